The van der Waals surface area contributed by atoms with Gasteiger partial charge >= 0.3 is 5.97 Å². The molecule has 0 spiro atoms. The Morgan fingerprint density at radius 1 is 1.64 bits per heavy atom. The molecular formula is C10H15NO3. The molecule has 0 unspecified atom stereocenters. The van der Waals surface area contributed by atoms with Gasteiger partial charge in [0.15, 0.2) is 0 Å². The summed E-state index contributed by atoms with van der Waals surface area (Å²) in [6.07, 6.45) is 3.31. The highest BCUT2D eigenvalue weighted by Gasteiger charge is 2.09. The van der Waals surface area contributed by atoms with Gasteiger partial charge in [0.05, 0.1) is 26.2 Å². The van der Waals surface area contributed by atoms with E-state index >= 15 is 0 Å². The maximum Gasteiger partial charge on any atom is 0.319 e. The molecule has 78 valence electrons. The number of likely N-dealkylation sites (N-methyl/N-ethyl adjacent to an activating group) is 1. The van der Waals surface area contributed by atoms with Crippen molar-refractivity contribution in [2.45, 2.75) is 13.5 Å². The first-order valence-electron chi connectivity index (χ1n) is 4.56. The van der Waals surface area contributed by atoms with E-state index in [1.54, 1.807) is 12.5 Å². The third-order valence-electron chi connectivity index (χ3n) is 2.01. The van der Waals surface area contributed by atoms with E-state index in [1.165, 1.54) is 7.11 Å². The molecule has 1 heterocycles. The van der Waals surface area contributed by atoms with Crippen LogP contribution in [0.3, 0.4) is 0 Å². The van der Waals surface area contributed by atoms with Gasteiger partial charge in [-0.3, -0.25) is 9.69 Å². The number of esters is 1. The summed E-state index contributed by atoms with van der Waals surface area (Å²) in [6.45, 7) is 3.84. The zero-order valence-electron chi connectivity index (χ0n) is 8.53. The van der Waals surface area contributed by atoms with Gasteiger partial charge in [0.2, 0.25) is 0 Å². The van der Waals surface area contributed by atoms with E-state index in [2.05, 4.69) is 4.74 Å². The van der Waals surface area contributed by atoms with Crippen LogP contribution < -0.4 is 0 Å². The molecule has 0 N–H and O–H groups in total. The lowest BCUT2D eigenvalue weighted by molar-refractivity contribution is -0.142. The number of carbonyl (C=O) groups is 1. The summed E-state index contributed by atoms with van der Waals surface area (Å²) in [7, 11) is 1.40. The van der Waals surface area contributed by atoms with Crippen molar-refractivity contribution in [1.82, 2.24) is 4.90 Å². The molecule has 4 nitrogen and oxygen atoms in total. The SMILES string of the molecule is CCN(CC(=O)OC)Cc1ccoc1. The molecule has 0 amide bonds. The van der Waals surface area contributed by atoms with Crippen LogP contribution in [0, 0.1) is 0 Å². The van der Waals surface area contributed by atoms with E-state index in [0.29, 0.717) is 13.1 Å². The normalized spacial score (nSPS) is 10.5. The second kappa shape index (κ2) is 5.44. The molecular weight excluding hydrogens is 182 g/mol. The zero-order valence-corrected chi connectivity index (χ0v) is 8.53. The van der Waals surface area contributed by atoms with Gasteiger partial charge in [-0.15, -0.1) is 0 Å². The number of hydrogen-bond donors (Lipinski definition) is 0. The largest absolute Gasteiger partial charge is 0.472 e. The molecule has 4 heteroatoms. The summed E-state index contributed by atoms with van der Waals surface area (Å²) >= 11 is 0. The Morgan fingerprint density at radius 3 is 2.93 bits per heavy atom. The fourth-order valence-corrected chi connectivity index (χ4v) is 1.17. The number of carbonyl (C=O) groups excluding carboxylic acids is 1. The van der Waals surface area contributed by atoms with E-state index in [4.69, 9.17) is 4.42 Å². The third-order valence-corrected chi connectivity index (χ3v) is 2.01. The quantitative estimate of drug-likeness (QED) is 0.667. The van der Waals surface area contributed by atoms with Crippen molar-refractivity contribution >= 4 is 5.97 Å². The predicted molar refractivity (Wildman–Crippen MR) is 51.7 cm³/mol. The van der Waals surface area contributed by atoms with Gasteiger partial charge in [-0.2, -0.15) is 0 Å². The van der Waals surface area contributed by atoms with Gasteiger partial charge in [-0.05, 0) is 12.6 Å². The van der Waals surface area contributed by atoms with Gasteiger partial charge < -0.3 is 9.15 Å². The number of methoxy groups -OCH3 is 1. The molecule has 0 atom stereocenters. The number of rotatable bonds is 5. The van der Waals surface area contributed by atoms with Crippen LogP contribution in [0.4, 0.5) is 0 Å². The average Bonchev–Trinajstić information content (AvgIpc) is 2.69. The first-order chi connectivity index (χ1) is 6.76. The molecule has 1 aromatic heterocycles. The van der Waals surface area contributed by atoms with Crippen LogP contribution >= 0.6 is 0 Å². The van der Waals surface area contributed by atoms with Crippen molar-refractivity contribution in [3.05, 3.63) is 24.2 Å². The van der Waals surface area contributed by atoms with E-state index in [-0.39, 0.29) is 5.97 Å². The van der Waals surface area contributed by atoms with Crippen molar-refractivity contribution < 1.29 is 13.9 Å². The van der Waals surface area contributed by atoms with Crippen LogP contribution in [0.1, 0.15) is 12.5 Å². The molecule has 0 aliphatic heterocycles. The van der Waals surface area contributed by atoms with Crippen molar-refractivity contribution in [2.75, 3.05) is 20.2 Å². The number of furan rings is 1. The van der Waals surface area contributed by atoms with Crippen LogP contribution in [0.15, 0.2) is 23.0 Å². The zero-order chi connectivity index (χ0) is 10.4. The second-order valence-electron chi connectivity index (χ2n) is 3.01. The lowest BCUT2D eigenvalue weighted by Crippen LogP contribution is -2.29. The summed E-state index contributed by atoms with van der Waals surface area (Å²) in [4.78, 5) is 13.0. The summed E-state index contributed by atoms with van der Waals surface area (Å²) < 4.78 is 9.55. The van der Waals surface area contributed by atoms with Crippen molar-refractivity contribution in [3.63, 3.8) is 0 Å². The Hall–Kier alpha value is -1.29. The molecule has 0 fully saturated rings. The molecule has 0 aromatic carbocycles. The van der Waals surface area contributed by atoms with Crippen molar-refractivity contribution in [1.29, 1.82) is 0 Å². The Labute approximate surface area is 83.5 Å². The first-order valence-corrected chi connectivity index (χ1v) is 4.56. The summed E-state index contributed by atoms with van der Waals surface area (Å²) in [6, 6.07) is 1.89. The molecule has 0 aliphatic carbocycles. The Bertz CT molecular complexity index is 269. The number of ether oxygens (including phenoxy) is 1. The monoisotopic (exact) mass is 197 g/mol. The van der Waals surface area contributed by atoms with E-state index in [1.807, 2.05) is 17.9 Å². The smallest absolute Gasteiger partial charge is 0.319 e. The fraction of sp³-hybridized carbons (Fsp3) is 0.500. The number of nitrogens with zero attached hydrogens (tertiary/aromatic N) is 1. The molecule has 1 aromatic rings. The van der Waals surface area contributed by atoms with Crippen LogP contribution in [-0.4, -0.2) is 31.1 Å². The molecule has 0 saturated carbocycles. The molecule has 0 radical (unpaired) electrons. The average molecular weight is 197 g/mol. The van der Waals surface area contributed by atoms with Crippen LogP contribution in [0.2, 0.25) is 0 Å². The Balaban J connectivity index is 2.43. The van der Waals surface area contributed by atoms with Gasteiger partial charge in [0, 0.05) is 12.1 Å². The second-order valence-corrected chi connectivity index (χ2v) is 3.01. The molecule has 0 saturated heterocycles. The Kier molecular flexibility index (Phi) is 4.19. The summed E-state index contributed by atoms with van der Waals surface area (Å²) in [5.41, 5.74) is 1.07. The summed E-state index contributed by atoms with van der Waals surface area (Å²) in [5, 5.41) is 0. The Morgan fingerprint density at radius 2 is 2.43 bits per heavy atom. The molecule has 0 bridgehead atoms. The minimum atomic E-state index is -0.213. The fourth-order valence-electron chi connectivity index (χ4n) is 1.17. The van der Waals surface area contributed by atoms with E-state index < -0.39 is 0 Å². The minimum Gasteiger partial charge on any atom is -0.472 e. The predicted octanol–water partition coefficient (Wildman–Crippen LogP) is 1.27. The maximum absolute atomic E-state index is 11.0. The van der Waals surface area contributed by atoms with E-state index in [9.17, 15) is 4.79 Å². The van der Waals surface area contributed by atoms with Gasteiger partial charge in [0.1, 0.15) is 0 Å². The van der Waals surface area contributed by atoms with Gasteiger partial charge in [0.25, 0.3) is 0 Å². The van der Waals surface area contributed by atoms with Crippen molar-refractivity contribution in [2.24, 2.45) is 0 Å². The molecule has 1 rings (SSSR count). The standard InChI is InChI=1S/C10H15NO3/c1-3-11(7-10(12)13-2)6-9-4-5-14-8-9/h4-5,8H,3,6-7H2,1-2H3. The molecule has 14 heavy (non-hydrogen) atoms. The molecule has 0 aliphatic rings. The van der Waals surface area contributed by atoms with Crippen LogP contribution in [0.5, 0.6) is 0 Å². The highest BCUT2D eigenvalue weighted by atomic mass is 16.5. The van der Waals surface area contributed by atoms with Gasteiger partial charge in [-0.25, -0.2) is 0 Å². The lowest BCUT2D eigenvalue weighted by Gasteiger charge is -2.17. The lowest BCUT2D eigenvalue weighted by atomic mass is 10.3. The van der Waals surface area contributed by atoms with Crippen LogP contribution in [0.25, 0.3) is 0 Å². The highest BCUT2D eigenvalue weighted by Crippen LogP contribution is 2.04. The number of hydrogen-bond acceptors (Lipinski definition) is 4. The van der Waals surface area contributed by atoms with Crippen LogP contribution in [-0.2, 0) is 16.1 Å². The van der Waals surface area contributed by atoms with E-state index in [0.717, 1.165) is 12.1 Å². The third kappa shape index (κ3) is 3.22. The minimum absolute atomic E-state index is 0.213. The first kappa shape index (κ1) is 10.8. The summed E-state index contributed by atoms with van der Waals surface area (Å²) in [5.74, 6) is -0.213. The highest BCUT2D eigenvalue weighted by molar-refractivity contribution is 5.71. The van der Waals surface area contributed by atoms with Crippen molar-refractivity contribution in [3.8, 4) is 0 Å². The maximum atomic E-state index is 11.0. The topological polar surface area (TPSA) is 42.7 Å². The van der Waals surface area contributed by atoms with Gasteiger partial charge in [-0.1, -0.05) is 6.92 Å².